The van der Waals surface area contributed by atoms with E-state index >= 15 is 0 Å². The number of nitrogens with one attached hydrogen (secondary N) is 1. The fourth-order valence-electron chi connectivity index (χ4n) is 4.16. The number of carbonyl (C=O) groups is 1. The van der Waals surface area contributed by atoms with Gasteiger partial charge in [0, 0.05) is 26.2 Å². The van der Waals surface area contributed by atoms with Crippen molar-refractivity contribution in [2.75, 3.05) is 39.3 Å². The Morgan fingerprint density at radius 3 is 2.70 bits per heavy atom. The van der Waals surface area contributed by atoms with Crippen molar-refractivity contribution in [3.63, 3.8) is 0 Å². The van der Waals surface area contributed by atoms with E-state index in [0.29, 0.717) is 12.5 Å². The molecular weight excluding hydrogens is 345 g/mol. The number of hydrogen-bond donors (Lipinski definition) is 2. The summed E-state index contributed by atoms with van der Waals surface area (Å²) in [7, 11) is 0. The van der Waals surface area contributed by atoms with Gasteiger partial charge in [-0.2, -0.15) is 0 Å². The molecule has 0 aliphatic carbocycles. The summed E-state index contributed by atoms with van der Waals surface area (Å²) in [6, 6.07) is 6.99. The van der Waals surface area contributed by atoms with E-state index in [9.17, 15) is 14.3 Å². The first-order valence-corrected chi connectivity index (χ1v) is 10.3. The normalized spacial score (nSPS) is 22.0. The number of nitrogens with zero attached hydrogens (tertiary/aromatic N) is 2. The number of likely N-dealkylation sites (tertiary alicyclic amines) is 2. The molecule has 0 spiro atoms. The van der Waals surface area contributed by atoms with Gasteiger partial charge in [0.05, 0.1) is 6.10 Å². The Balaban J connectivity index is 1.31. The van der Waals surface area contributed by atoms with Crippen LogP contribution in [0.3, 0.4) is 0 Å². The lowest BCUT2D eigenvalue weighted by molar-refractivity contribution is 0.0701. The summed E-state index contributed by atoms with van der Waals surface area (Å²) in [6.07, 6.45) is 5.27. The molecule has 0 saturated carbocycles. The largest absolute Gasteiger partial charge is 0.392 e. The number of amides is 2. The molecule has 2 saturated heterocycles. The monoisotopic (exact) mass is 377 g/mol. The second-order valence-corrected chi connectivity index (χ2v) is 7.91. The van der Waals surface area contributed by atoms with Crippen LogP contribution < -0.4 is 5.32 Å². The second kappa shape index (κ2) is 10.0. The molecule has 2 aliphatic rings. The summed E-state index contributed by atoms with van der Waals surface area (Å²) in [5.74, 6) is 0.315. The summed E-state index contributed by atoms with van der Waals surface area (Å²) in [6.45, 7) is 4.86. The third kappa shape index (κ3) is 6.18. The summed E-state index contributed by atoms with van der Waals surface area (Å²) >= 11 is 0. The Bertz CT molecular complexity index is 605. The van der Waals surface area contributed by atoms with Crippen molar-refractivity contribution in [1.82, 2.24) is 15.1 Å². The lowest BCUT2D eigenvalue weighted by Gasteiger charge is -2.32. The van der Waals surface area contributed by atoms with E-state index in [1.165, 1.54) is 6.07 Å². The third-order valence-corrected chi connectivity index (χ3v) is 5.78. The Morgan fingerprint density at radius 1 is 1.19 bits per heavy atom. The molecule has 0 bridgehead atoms. The number of aliphatic hydroxyl groups is 1. The zero-order valence-corrected chi connectivity index (χ0v) is 16.1. The van der Waals surface area contributed by atoms with Gasteiger partial charge < -0.3 is 20.2 Å². The molecule has 1 unspecified atom stereocenters. The van der Waals surface area contributed by atoms with Gasteiger partial charge in [-0.3, -0.25) is 0 Å². The minimum absolute atomic E-state index is 0.0121. The maximum Gasteiger partial charge on any atom is 0.317 e. The van der Waals surface area contributed by atoms with E-state index in [0.717, 1.165) is 76.8 Å². The van der Waals surface area contributed by atoms with Crippen molar-refractivity contribution >= 4 is 6.03 Å². The molecule has 2 amide bonds. The van der Waals surface area contributed by atoms with Gasteiger partial charge in [-0.15, -0.1) is 0 Å². The highest BCUT2D eigenvalue weighted by molar-refractivity contribution is 5.74. The predicted octanol–water partition coefficient (Wildman–Crippen LogP) is 2.64. The predicted molar refractivity (Wildman–Crippen MR) is 104 cm³/mol. The van der Waals surface area contributed by atoms with Crippen LogP contribution >= 0.6 is 0 Å². The van der Waals surface area contributed by atoms with Crippen LogP contribution in [0, 0.1) is 11.7 Å². The zero-order valence-electron chi connectivity index (χ0n) is 16.1. The Kier molecular flexibility index (Phi) is 7.47. The van der Waals surface area contributed by atoms with Crippen LogP contribution in [0.25, 0.3) is 0 Å². The Labute approximate surface area is 161 Å². The van der Waals surface area contributed by atoms with E-state index in [-0.39, 0.29) is 18.0 Å². The summed E-state index contributed by atoms with van der Waals surface area (Å²) in [5.41, 5.74) is 0.781. The van der Waals surface area contributed by atoms with Gasteiger partial charge in [0.1, 0.15) is 5.82 Å². The molecule has 2 fully saturated rings. The molecule has 6 heteroatoms. The van der Waals surface area contributed by atoms with Gasteiger partial charge in [-0.05, 0) is 69.2 Å². The molecule has 27 heavy (non-hydrogen) atoms. The molecule has 150 valence electrons. The average Bonchev–Trinajstić information content (AvgIpc) is 2.67. The van der Waals surface area contributed by atoms with Crippen molar-refractivity contribution in [3.05, 3.63) is 35.6 Å². The number of aliphatic hydroxyl groups excluding tert-OH is 1. The quantitative estimate of drug-likeness (QED) is 0.750. The van der Waals surface area contributed by atoms with Gasteiger partial charge >= 0.3 is 6.03 Å². The molecule has 5 nitrogen and oxygen atoms in total. The van der Waals surface area contributed by atoms with E-state index < -0.39 is 0 Å². The molecule has 1 atom stereocenters. The maximum absolute atomic E-state index is 13.8. The van der Waals surface area contributed by atoms with Gasteiger partial charge in [0.25, 0.3) is 0 Å². The van der Waals surface area contributed by atoms with Gasteiger partial charge in [-0.1, -0.05) is 18.2 Å². The fourth-order valence-corrected chi connectivity index (χ4v) is 4.16. The lowest BCUT2D eigenvalue weighted by Crippen LogP contribution is -2.45. The highest BCUT2D eigenvalue weighted by atomic mass is 19.1. The molecular formula is C21H32FN3O2. The number of hydrogen-bond acceptors (Lipinski definition) is 3. The first kappa shape index (κ1) is 20.1. The lowest BCUT2D eigenvalue weighted by atomic mass is 9.90. The van der Waals surface area contributed by atoms with Gasteiger partial charge in [-0.25, -0.2) is 9.18 Å². The van der Waals surface area contributed by atoms with E-state index in [1.54, 1.807) is 6.07 Å². The maximum atomic E-state index is 13.8. The van der Waals surface area contributed by atoms with E-state index in [4.69, 9.17) is 0 Å². The van der Waals surface area contributed by atoms with Crippen molar-refractivity contribution in [2.24, 2.45) is 5.92 Å². The number of piperidine rings is 2. The summed E-state index contributed by atoms with van der Waals surface area (Å²) < 4.78 is 13.8. The number of benzene rings is 1. The van der Waals surface area contributed by atoms with Crippen molar-refractivity contribution in [1.29, 1.82) is 0 Å². The molecule has 2 aliphatic heterocycles. The molecule has 2 N–H and O–H groups in total. The minimum atomic E-state index is -0.195. The van der Waals surface area contributed by atoms with Crippen molar-refractivity contribution < 1.29 is 14.3 Å². The molecule has 2 heterocycles. The zero-order chi connectivity index (χ0) is 19.1. The molecule has 1 aromatic rings. The Morgan fingerprint density at radius 2 is 1.96 bits per heavy atom. The number of carbonyl (C=O) groups excluding carboxylic acids is 1. The first-order valence-electron chi connectivity index (χ1n) is 10.3. The second-order valence-electron chi connectivity index (χ2n) is 7.91. The van der Waals surface area contributed by atoms with Crippen LogP contribution in [-0.4, -0.2) is 66.3 Å². The summed E-state index contributed by atoms with van der Waals surface area (Å²) in [5, 5.41) is 12.7. The topological polar surface area (TPSA) is 55.8 Å². The smallest absolute Gasteiger partial charge is 0.317 e. The molecule has 3 rings (SSSR count). The van der Waals surface area contributed by atoms with E-state index in [1.807, 2.05) is 17.0 Å². The highest BCUT2D eigenvalue weighted by Gasteiger charge is 2.23. The number of β-amino-alcohol motifs (C(OH)–C–C–N with tert-alkyl or cyclic N) is 1. The van der Waals surface area contributed by atoms with Crippen LogP contribution in [-0.2, 0) is 6.42 Å². The van der Waals surface area contributed by atoms with Gasteiger partial charge in [0.2, 0.25) is 0 Å². The van der Waals surface area contributed by atoms with Crippen molar-refractivity contribution in [2.45, 2.75) is 44.6 Å². The molecule has 0 aromatic heterocycles. The standard InChI is InChI=1S/C21H32FN3O2/c22-20-7-2-1-5-18(20)15-17-8-13-25(14-9-17)21(27)23-10-4-12-24-11-3-6-19(26)16-24/h1-2,5,7,17,19,26H,3-4,6,8-16H2,(H,23,27). The summed E-state index contributed by atoms with van der Waals surface area (Å²) in [4.78, 5) is 16.5. The van der Waals surface area contributed by atoms with Crippen LogP contribution in [0.5, 0.6) is 0 Å². The number of halogens is 1. The van der Waals surface area contributed by atoms with Crippen molar-refractivity contribution in [3.8, 4) is 0 Å². The average molecular weight is 378 g/mol. The van der Waals surface area contributed by atoms with Crippen LogP contribution in [0.4, 0.5) is 9.18 Å². The SMILES string of the molecule is O=C(NCCCN1CCCC(O)C1)N1CCC(Cc2ccccc2F)CC1. The molecule has 1 aromatic carbocycles. The van der Waals surface area contributed by atoms with Crippen LogP contribution in [0.2, 0.25) is 0 Å². The number of urea groups is 1. The van der Waals surface area contributed by atoms with E-state index in [2.05, 4.69) is 10.2 Å². The number of rotatable bonds is 6. The van der Waals surface area contributed by atoms with Crippen LogP contribution in [0.1, 0.15) is 37.7 Å². The minimum Gasteiger partial charge on any atom is -0.392 e. The highest BCUT2D eigenvalue weighted by Crippen LogP contribution is 2.23. The first-order chi connectivity index (χ1) is 13.1. The van der Waals surface area contributed by atoms with Crippen LogP contribution in [0.15, 0.2) is 24.3 Å². The Hall–Kier alpha value is -1.66. The molecule has 0 radical (unpaired) electrons. The fraction of sp³-hybridized carbons (Fsp3) is 0.667. The third-order valence-electron chi connectivity index (χ3n) is 5.78. The van der Waals surface area contributed by atoms with Gasteiger partial charge in [0.15, 0.2) is 0 Å².